The zero-order chi connectivity index (χ0) is 15.5. The van der Waals surface area contributed by atoms with Gasteiger partial charge in [-0.15, -0.1) is 0 Å². The second-order valence-corrected chi connectivity index (χ2v) is 6.54. The lowest BCUT2D eigenvalue weighted by Gasteiger charge is -2.41. The van der Waals surface area contributed by atoms with E-state index < -0.39 is 11.5 Å². The third-order valence-corrected chi connectivity index (χ3v) is 4.93. The van der Waals surface area contributed by atoms with Crippen molar-refractivity contribution in [3.05, 3.63) is 34.9 Å². The molecule has 2 rings (SSSR count). The van der Waals surface area contributed by atoms with Crippen molar-refractivity contribution in [3.8, 4) is 0 Å². The Morgan fingerprint density at radius 3 is 2.29 bits per heavy atom. The SMILES string of the molecule is Cc1ccc(C(C)(CC(=O)O)N2CCCCCC2)cc1C. The van der Waals surface area contributed by atoms with Crippen molar-refractivity contribution >= 4 is 5.97 Å². The molecule has 1 aliphatic rings. The van der Waals surface area contributed by atoms with Gasteiger partial charge in [0.05, 0.1) is 12.0 Å². The molecule has 0 amide bonds. The van der Waals surface area contributed by atoms with Crippen LogP contribution < -0.4 is 0 Å². The molecule has 1 aromatic rings. The minimum absolute atomic E-state index is 0.162. The molecule has 21 heavy (non-hydrogen) atoms. The van der Waals surface area contributed by atoms with Crippen LogP contribution in [0, 0.1) is 13.8 Å². The van der Waals surface area contributed by atoms with Gasteiger partial charge in [-0.3, -0.25) is 9.69 Å². The second kappa shape index (κ2) is 6.61. The van der Waals surface area contributed by atoms with Crippen molar-refractivity contribution in [2.24, 2.45) is 0 Å². The predicted octanol–water partition coefficient (Wildman–Crippen LogP) is 3.87. The summed E-state index contributed by atoms with van der Waals surface area (Å²) in [6, 6.07) is 6.39. The molecule has 0 bridgehead atoms. The quantitative estimate of drug-likeness (QED) is 0.914. The lowest BCUT2D eigenvalue weighted by Crippen LogP contribution is -2.46. The summed E-state index contributed by atoms with van der Waals surface area (Å²) in [7, 11) is 0. The average molecular weight is 289 g/mol. The minimum atomic E-state index is -0.722. The fraction of sp³-hybridized carbons (Fsp3) is 0.611. The summed E-state index contributed by atoms with van der Waals surface area (Å²) in [5, 5.41) is 9.41. The normalized spacial score (nSPS) is 19.8. The van der Waals surface area contributed by atoms with Crippen molar-refractivity contribution in [3.63, 3.8) is 0 Å². The first-order valence-corrected chi connectivity index (χ1v) is 7.98. The second-order valence-electron chi connectivity index (χ2n) is 6.54. The summed E-state index contributed by atoms with van der Waals surface area (Å²) in [6.45, 7) is 8.28. The van der Waals surface area contributed by atoms with Crippen LogP contribution in [0.3, 0.4) is 0 Å². The number of rotatable bonds is 4. The molecular weight excluding hydrogens is 262 g/mol. The monoisotopic (exact) mass is 289 g/mol. The number of aryl methyl sites for hydroxylation is 2. The Morgan fingerprint density at radius 2 is 1.76 bits per heavy atom. The Kier molecular flexibility index (Phi) is 5.04. The summed E-state index contributed by atoms with van der Waals surface area (Å²) >= 11 is 0. The number of hydrogen-bond donors (Lipinski definition) is 1. The number of benzene rings is 1. The van der Waals surface area contributed by atoms with Gasteiger partial charge in [-0.1, -0.05) is 31.0 Å². The summed E-state index contributed by atoms with van der Waals surface area (Å²) in [6.07, 6.45) is 5.01. The molecule has 1 saturated heterocycles. The molecule has 0 saturated carbocycles. The van der Waals surface area contributed by atoms with E-state index in [1.807, 2.05) is 0 Å². The zero-order valence-corrected chi connectivity index (χ0v) is 13.5. The lowest BCUT2D eigenvalue weighted by molar-refractivity contribution is -0.140. The van der Waals surface area contributed by atoms with E-state index in [1.165, 1.54) is 36.8 Å². The summed E-state index contributed by atoms with van der Waals surface area (Å²) in [4.78, 5) is 13.8. The maximum absolute atomic E-state index is 11.4. The van der Waals surface area contributed by atoms with Gasteiger partial charge in [-0.2, -0.15) is 0 Å². The Balaban J connectivity index is 2.38. The zero-order valence-electron chi connectivity index (χ0n) is 13.5. The van der Waals surface area contributed by atoms with Gasteiger partial charge in [0, 0.05) is 0 Å². The largest absolute Gasteiger partial charge is 0.481 e. The van der Waals surface area contributed by atoms with Crippen LogP contribution >= 0.6 is 0 Å². The fourth-order valence-electron chi connectivity index (χ4n) is 3.33. The van der Waals surface area contributed by atoms with E-state index in [0.717, 1.165) is 18.7 Å². The standard InChI is InChI=1S/C18H27NO2/c1-14-8-9-16(12-15(14)2)18(3,13-17(20)21)19-10-6-4-5-7-11-19/h8-9,12H,4-7,10-11,13H2,1-3H3,(H,20,21). The number of aliphatic carboxylic acids is 1. The smallest absolute Gasteiger partial charge is 0.305 e. The number of carboxylic acid groups (broad SMARTS) is 1. The van der Waals surface area contributed by atoms with Gasteiger partial charge in [-0.25, -0.2) is 0 Å². The number of likely N-dealkylation sites (tertiary alicyclic amines) is 1. The molecule has 3 nitrogen and oxygen atoms in total. The molecule has 1 unspecified atom stereocenters. The van der Waals surface area contributed by atoms with Gasteiger partial charge in [0.25, 0.3) is 0 Å². The molecule has 1 heterocycles. The van der Waals surface area contributed by atoms with Crippen molar-refractivity contribution in [1.29, 1.82) is 0 Å². The van der Waals surface area contributed by atoms with Crippen LogP contribution in [0.25, 0.3) is 0 Å². The number of carbonyl (C=O) groups is 1. The molecule has 1 N–H and O–H groups in total. The topological polar surface area (TPSA) is 40.5 Å². The predicted molar refractivity (Wildman–Crippen MR) is 85.6 cm³/mol. The Hall–Kier alpha value is -1.35. The van der Waals surface area contributed by atoms with Gasteiger partial charge in [0.15, 0.2) is 0 Å². The van der Waals surface area contributed by atoms with Crippen molar-refractivity contribution < 1.29 is 9.90 Å². The highest BCUT2D eigenvalue weighted by atomic mass is 16.4. The van der Waals surface area contributed by atoms with E-state index in [4.69, 9.17) is 0 Å². The van der Waals surface area contributed by atoms with E-state index in [-0.39, 0.29) is 6.42 Å². The Bertz CT molecular complexity index is 504. The Morgan fingerprint density at radius 1 is 1.14 bits per heavy atom. The van der Waals surface area contributed by atoms with E-state index in [2.05, 4.69) is 43.9 Å². The maximum Gasteiger partial charge on any atom is 0.305 e. The Labute approximate surface area is 128 Å². The third kappa shape index (κ3) is 3.65. The molecule has 1 aromatic carbocycles. The molecule has 1 fully saturated rings. The van der Waals surface area contributed by atoms with Gasteiger partial charge in [0.1, 0.15) is 0 Å². The van der Waals surface area contributed by atoms with Crippen LogP contribution in [0.15, 0.2) is 18.2 Å². The van der Waals surface area contributed by atoms with E-state index in [9.17, 15) is 9.90 Å². The lowest BCUT2D eigenvalue weighted by atomic mass is 9.85. The van der Waals surface area contributed by atoms with Crippen molar-refractivity contribution in [1.82, 2.24) is 4.90 Å². The summed E-state index contributed by atoms with van der Waals surface area (Å²) in [5.41, 5.74) is 3.22. The van der Waals surface area contributed by atoms with Crippen LogP contribution in [0.4, 0.5) is 0 Å². The van der Waals surface area contributed by atoms with Gasteiger partial charge in [-0.05, 0) is 63.4 Å². The highest BCUT2D eigenvalue weighted by Gasteiger charge is 2.36. The molecule has 1 atom stereocenters. The van der Waals surface area contributed by atoms with E-state index in [1.54, 1.807) is 0 Å². The molecule has 1 aliphatic heterocycles. The van der Waals surface area contributed by atoms with Crippen LogP contribution in [0.1, 0.15) is 55.7 Å². The minimum Gasteiger partial charge on any atom is -0.481 e. The highest BCUT2D eigenvalue weighted by molar-refractivity contribution is 5.69. The fourth-order valence-corrected chi connectivity index (χ4v) is 3.33. The number of nitrogens with zero attached hydrogens (tertiary/aromatic N) is 1. The first-order chi connectivity index (χ1) is 9.93. The van der Waals surface area contributed by atoms with Gasteiger partial charge < -0.3 is 5.11 Å². The van der Waals surface area contributed by atoms with Crippen molar-refractivity contribution in [2.75, 3.05) is 13.1 Å². The maximum atomic E-state index is 11.4. The molecule has 116 valence electrons. The third-order valence-electron chi connectivity index (χ3n) is 4.93. The van der Waals surface area contributed by atoms with Crippen LogP contribution in [-0.4, -0.2) is 29.1 Å². The molecule has 0 aliphatic carbocycles. The average Bonchev–Trinajstić information content (AvgIpc) is 2.70. The van der Waals surface area contributed by atoms with Gasteiger partial charge >= 0.3 is 5.97 Å². The molecule has 3 heteroatoms. The van der Waals surface area contributed by atoms with Crippen LogP contribution in [0.2, 0.25) is 0 Å². The summed E-state index contributed by atoms with van der Waals surface area (Å²) < 4.78 is 0. The van der Waals surface area contributed by atoms with Crippen LogP contribution in [-0.2, 0) is 10.3 Å². The first-order valence-electron chi connectivity index (χ1n) is 7.98. The van der Waals surface area contributed by atoms with Crippen LogP contribution in [0.5, 0.6) is 0 Å². The molecule has 0 spiro atoms. The first kappa shape index (κ1) is 16.0. The summed E-state index contributed by atoms with van der Waals surface area (Å²) in [5.74, 6) is -0.722. The number of carboxylic acids is 1. The van der Waals surface area contributed by atoms with E-state index in [0.29, 0.717) is 0 Å². The number of hydrogen-bond acceptors (Lipinski definition) is 2. The highest BCUT2D eigenvalue weighted by Crippen LogP contribution is 2.34. The molecular formula is C18H27NO2. The van der Waals surface area contributed by atoms with Gasteiger partial charge in [0.2, 0.25) is 0 Å². The van der Waals surface area contributed by atoms with E-state index >= 15 is 0 Å². The molecule has 0 radical (unpaired) electrons. The molecule has 0 aromatic heterocycles. The van der Waals surface area contributed by atoms with Crippen molar-refractivity contribution in [2.45, 2.75) is 58.4 Å².